The van der Waals surface area contributed by atoms with Crippen LogP contribution in [-0.2, 0) is 4.79 Å². The molecule has 0 aromatic heterocycles. The van der Waals surface area contributed by atoms with E-state index in [0.29, 0.717) is 5.25 Å². The highest BCUT2D eigenvalue weighted by atomic mass is 32.2. The number of carboxylic acid groups (broad SMARTS) is 1. The first-order valence-corrected chi connectivity index (χ1v) is 5.52. The number of rotatable bonds is 3. The molecular weight excluding hydrogens is 186 g/mol. The van der Waals surface area contributed by atoms with Crippen molar-refractivity contribution in [2.45, 2.75) is 36.7 Å². The summed E-state index contributed by atoms with van der Waals surface area (Å²) in [6.07, 6.45) is 2.29. The lowest BCUT2D eigenvalue weighted by Crippen LogP contribution is -2.37. The first kappa shape index (κ1) is 10.9. The summed E-state index contributed by atoms with van der Waals surface area (Å²) in [6, 6.07) is 0. The molecular formula is C9H17NO2S. The van der Waals surface area contributed by atoms with Gasteiger partial charge in [0.1, 0.15) is 4.75 Å². The Morgan fingerprint density at radius 3 is 2.77 bits per heavy atom. The van der Waals surface area contributed by atoms with Gasteiger partial charge in [-0.1, -0.05) is 0 Å². The minimum Gasteiger partial charge on any atom is -0.480 e. The molecule has 3 nitrogen and oxygen atoms in total. The average Bonchev–Trinajstić information content (AvgIpc) is 2.05. The standard InChI is InChI=1S/C9H17NO2S/c1-9(2,8(11)12)13-7-4-3-5-10-6-7/h7,10H,3-6H2,1-2H3,(H,11,12). The summed E-state index contributed by atoms with van der Waals surface area (Å²) in [4.78, 5) is 10.9. The maximum Gasteiger partial charge on any atom is 0.319 e. The van der Waals surface area contributed by atoms with Crippen LogP contribution in [0.2, 0.25) is 0 Å². The second-order valence-electron chi connectivity index (χ2n) is 3.90. The smallest absolute Gasteiger partial charge is 0.319 e. The van der Waals surface area contributed by atoms with E-state index in [-0.39, 0.29) is 0 Å². The zero-order valence-corrected chi connectivity index (χ0v) is 8.99. The largest absolute Gasteiger partial charge is 0.480 e. The second kappa shape index (κ2) is 4.33. The van der Waals surface area contributed by atoms with Gasteiger partial charge in [0.15, 0.2) is 0 Å². The van der Waals surface area contributed by atoms with E-state index in [1.54, 1.807) is 25.6 Å². The molecule has 13 heavy (non-hydrogen) atoms. The molecule has 1 aliphatic rings. The molecule has 76 valence electrons. The Hall–Kier alpha value is -0.220. The number of carboxylic acids is 1. The van der Waals surface area contributed by atoms with Gasteiger partial charge in [-0.3, -0.25) is 4.79 Å². The quantitative estimate of drug-likeness (QED) is 0.726. The molecule has 2 N–H and O–H groups in total. The number of nitrogens with one attached hydrogen (secondary N) is 1. The van der Waals surface area contributed by atoms with Crippen LogP contribution in [0.1, 0.15) is 26.7 Å². The third-order valence-corrected chi connectivity index (χ3v) is 3.73. The van der Waals surface area contributed by atoms with Crippen molar-refractivity contribution in [2.75, 3.05) is 13.1 Å². The molecule has 4 heteroatoms. The summed E-state index contributed by atoms with van der Waals surface area (Å²) in [7, 11) is 0. The monoisotopic (exact) mass is 203 g/mol. The molecule has 0 aliphatic carbocycles. The SMILES string of the molecule is CC(C)(SC1CCCNC1)C(=O)O. The van der Waals surface area contributed by atoms with E-state index >= 15 is 0 Å². The van der Waals surface area contributed by atoms with Crippen molar-refractivity contribution in [3.8, 4) is 0 Å². The van der Waals surface area contributed by atoms with Crippen LogP contribution in [0.3, 0.4) is 0 Å². The van der Waals surface area contributed by atoms with E-state index < -0.39 is 10.7 Å². The van der Waals surface area contributed by atoms with Gasteiger partial charge in [0.05, 0.1) is 0 Å². The third kappa shape index (κ3) is 3.19. The van der Waals surface area contributed by atoms with Crippen molar-refractivity contribution >= 4 is 17.7 Å². The molecule has 1 atom stereocenters. The van der Waals surface area contributed by atoms with E-state index in [1.807, 2.05) is 0 Å². The van der Waals surface area contributed by atoms with Crippen molar-refractivity contribution < 1.29 is 9.90 Å². The summed E-state index contributed by atoms with van der Waals surface area (Å²) >= 11 is 1.57. The molecule has 1 aliphatic heterocycles. The van der Waals surface area contributed by atoms with E-state index in [4.69, 9.17) is 5.11 Å². The molecule has 0 amide bonds. The van der Waals surface area contributed by atoms with Crippen LogP contribution in [0.15, 0.2) is 0 Å². The van der Waals surface area contributed by atoms with Gasteiger partial charge < -0.3 is 10.4 Å². The van der Waals surface area contributed by atoms with E-state index in [2.05, 4.69) is 5.32 Å². The Kier molecular flexibility index (Phi) is 3.62. The normalized spacial score (nSPS) is 24.3. The Morgan fingerprint density at radius 1 is 1.62 bits per heavy atom. The minimum absolute atomic E-state index is 0.458. The van der Waals surface area contributed by atoms with Gasteiger partial charge >= 0.3 is 5.97 Å². The Morgan fingerprint density at radius 2 is 2.31 bits per heavy atom. The van der Waals surface area contributed by atoms with E-state index in [9.17, 15) is 4.79 Å². The molecule has 0 aromatic carbocycles. The molecule has 1 rings (SSSR count). The lowest BCUT2D eigenvalue weighted by molar-refractivity contribution is -0.138. The maximum absolute atomic E-state index is 10.9. The maximum atomic E-state index is 10.9. The number of carbonyl (C=O) groups is 1. The molecule has 0 saturated carbocycles. The highest BCUT2D eigenvalue weighted by molar-refractivity contribution is 8.02. The Labute approximate surface area is 83.3 Å². The van der Waals surface area contributed by atoms with Crippen LogP contribution in [-0.4, -0.2) is 34.2 Å². The molecule has 1 fully saturated rings. The van der Waals surface area contributed by atoms with Gasteiger partial charge in [0.2, 0.25) is 0 Å². The number of hydrogen-bond donors (Lipinski definition) is 2. The van der Waals surface area contributed by atoms with Crippen LogP contribution < -0.4 is 5.32 Å². The molecule has 0 bridgehead atoms. The fourth-order valence-corrected chi connectivity index (χ4v) is 2.81. The summed E-state index contributed by atoms with van der Waals surface area (Å²) in [5.41, 5.74) is 0. The summed E-state index contributed by atoms with van der Waals surface area (Å²) in [5.74, 6) is -0.719. The van der Waals surface area contributed by atoms with Crippen LogP contribution in [0.5, 0.6) is 0 Å². The van der Waals surface area contributed by atoms with Gasteiger partial charge in [-0.25, -0.2) is 0 Å². The van der Waals surface area contributed by atoms with Gasteiger partial charge in [-0.05, 0) is 33.2 Å². The number of hydrogen-bond acceptors (Lipinski definition) is 3. The number of aliphatic carboxylic acids is 1. The fraction of sp³-hybridized carbons (Fsp3) is 0.889. The highest BCUT2D eigenvalue weighted by Gasteiger charge is 2.31. The van der Waals surface area contributed by atoms with Gasteiger partial charge in [0.25, 0.3) is 0 Å². The lowest BCUT2D eigenvalue weighted by Gasteiger charge is -2.28. The van der Waals surface area contributed by atoms with Crippen LogP contribution in [0, 0.1) is 0 Å². The predicted molar refractivity (Wildman–Crippen MR) is 55.2 cm³/mol. The van der Waals surface area contributed by atoms with Gasteiger partial charge in [-0.15, -0.1) is 11.8 Å². The Bertz CT molecular complexity index is 188. The summed E-state index contributed by atoms with van der Waals surface area (Å²) in [5, 5.41) is 12.7. The first-order valence-electron chi connectivity index (χ1n) is 4.64. The van der Waals surface area contributed by atoms with Crippen molar-refractivity contribution in [1.29, 1.82) is 0 Å². The van der Waals surface area contributed by atoms with Gasteiger partial charge in [-0.2, -0.15) is 0 Å². The van der Waals surface area contributed by atoms with Crippen molar-refractivity contribution in [3.05, 3.63) is 0 Å². The zero-order chi connectivity index (χ0) is 9.90. The molecule has 0 radical (unpaired) electrons. The fourth-order valence-electron chi connectivity index (χ4n) is 1.39. The van der Waals surface area contributed by atoms with Crippen molar-refractivity contribution in [1.82, 2.24) is 5.32 Å². The summed E-state index contributed by atoms with van der Waals surface area (Å²) in [6.45, 7) is 5.56. The van der Waals surface area contributed by atoms with Crippen LogP contribution in [0.25, 0.3) is 0 Å². The molecule has 1 unspecified atom stereocenters. The van der Waals surface area contributed by atoms with E-state index in [0.717, 1.165) is 25.9 Å². The number of piperidine rings is 1. The van der Waals surface area contributed by atoms with Crippen molar-refractivity contribution in [3.63, 3.8) is 0 Å². The molecule has 1 saturated heterocycles. The predicted octanol–water partition coefficient (Wildman–Crippen LogP) is 1.33. The molecule has 0 spiro atoms. The molecule has 1 heterocycles. The Balaban J connectivity index is 2.41. The van der Waals surface area contributed by atoms with Crippen LogP contribution >= 0.6 is 11.8 Å². The topological polar surface area (TPSA) is 49.3 Å². The summed E-state index contributed by atoms with van der Waals surface area (Å²) < 4.78 is -0.649. The van der Waals surface area contributed by atoms with Gasteiger partial charge in [0, 0.05) is 11.8 Å². The van der Waals surface area contributed by atoms with E-state index in [1.165, 1.54) is 0 Å². The first-order chi connectivity index (χ1) is 6.02. The second-order valence-corrected chi connectivity index (χ2v) is 5.82. The minimum atomic E-state index is -0.719. The van der Waals surface area contributed by atoms with Crippen LogP contribution in [0.4, 0.5) is 0 Å². The zero-order valence-electron chi connectivity index (χ0n) is 8.17. The highest BCUT2D eigenvalue weighted by Crippen LogP contribution is 2.31. The lowest BCUT2D eigenvalue weighted by atomic mass is 10.2. The molecule has 0 aromatic rings. The van der Waals surface area contributed by atoms with Crippen molar-refractivity contribution in [2.24, 2.45) is 0 Å². The number of thioether (sulfide) groups is 1. The third-order valence-electron chi connectivity index (χ3n) is 2.23. The average molecular weight is 203 g/mol.